The number of esters is 1. The summed E-state index contributed by atoms with van der Waals surface area (Å²) in [5.74, 6) is -1.60. The Morgan fingerprint density at radius 1 is 1.15 bits per heavy atom. The van der Waals surface area contributed by atoms with Crippen molar-refractivity contribution < 1.29 is 19.1 Å². The Morgan fingerprint density at radius 3 is 2.40 bits per heavy atom. The summed E-state index contributed by atoms with van der Waals surface area (Å²) in [5.41, 5.74) is 0.327. The van der Waals surface area contributed by atoms with Crippen LogP contribution >= 0.6 is 11.6 Å². The molecule has 0 aromatic heterocycles. The third-order valence-electron chi connectivity index (χ3n) is 2.57. The van der Waals surface area contributed by atoms with Crippen LogP contribution in [0.4, 0.5) is 0 Å². The van der Waals surface area contributed by atoms with E-state index in [2.05, 4.69) is 4.74 Å². The van der Waals surface area contributed by atoms with Crippen LogP contribution in [0.1, 0.15) is 29.6 Å². The molecule has 0 atom stereocenters. The normalized spacial score (nSPS) is 11.0. The van der Waals surface area contributed by atoms with Gasteiger partial charge in [0.15, 0.2) is 0 Å². The second-order valence-corrected chi connectivity index (χ2v) is 4.57. The van der Waals surface area contributed by atoms with Crippen molar-refractivity contribution in [3.8, 4) is 0 Å². The molecule has 5 heteroatoms. The summed E-state index contributed by atoms with van der Waals surface area (Å²) in [6.45, 7) is 0. The number of carbonyl (C=O) groups excluding carboxylic acids is 3. The molecule has 0 spiro atoms. The van der Waals surface area contributed by atoms with Gasteiger partial charge < -0.3 is 4.74 Å². The molecule has 0 bridgehead atoms. The first-order valence-electron chi connectivity index (χ1n) is 6.11. The number of carbonyl (C=O) groups is 3. The number of methoxy groups -OCH3 is 1. The zero-order valence-corrected chi connectivity index (χ0v) is 11.9. The molecule has 1 aromatic carbocycles. The summed E-state index contributed by atoms with van der Waals surface area (Å²) < 4.78 is 4.49. The SMILES string of the molecule is COC(=O)CCC/C(Cl)=C/C(=O)C(=O)c1ccccc1. The van der Waals surface area contributed by atoms with E-state index in [1.807, 2.05) is 0 Å². The molecule has 0 fully saturated rings. The zero-order chi connectivity index (χ0) is 15.0. The summed E-state index contributed by atoms with van der Waals surface area (Å²) in [6, 6.07) is 8.26. The van der Waals surface area contributed by atoms with Gasteiger partial charge in [-0.25, -0.2) is 0 Å². The Bertz CT molecular complexity index is 520. The number of allylic oxidation sites excluding steroid dienone is 2. The van der Waals surface area contributed by atoms with Crippen LogP contribution in [0, 0.1) is 0 Å². The molecule has 0 heterocycles. The monoisotopic (exact) mass is 294 g/mol. The van der Waals surface area contributed by atoms with Crippen LogP contribution in [0.5, 0.6) is 0 Å². The van der Waals surface area contributed by atoms with Gasteiger partial charge >= 0.3 is 5.97 Å². The molecular weight excluding hydrogens is 280 g/mol. The number of Topliss-reactive ketones (excluding diaryl/α,β-unsaturated/α-hetero) is 1. The fourth-order valence-corrected chi connectivity index (χ4v) is 1.75. The van der Waals surface area contributed by atoms with Crippen LogP contribution in [0.25, 0.3) is 0 Å². The predicted octanol–water partition coefficient (Wildman–Crippen LogP) is 2.90. The minimum Gasteiger partial charge on any atom is -0.469 e. The van der Waals surface area contributed by atoms with E-state index < -0.39 is 11.6 Å². The molecule has 0 saturated heterocycles. The average Bonchev–Trinajstić information content (AvgIpc) is 2.47. The molecule has 20 heavy (non-hydrogen) atoms. The highest BCUT2D eigenvalue weighted by atomic mass is 35.5. The van der Waals surface area contributed by atoms with Gasteiger partial charge in [-0.2, -0.15) is 0 Å². The lowest BCUT2D eigenvalue weighted by Gasteiger charge is -2.00. The van der Waals surface area contributed by atoms with E-state index in [0.717, 1.165) is 6.08 Å². The smallest absolute Gasteiger partial charge is 0.305 e. The fraction of sp³-hybridized carbons (Fsp3) is 0.267. The first-order valence-corrected chi connectivity index (χ1v) is 6.49. The maximum Gasteiger partial charge on any atom is 0.305 e. The lowest BCUT2D eigenvalue weighted by Crippen LogP contribution is -2.11. The van der Waals surface area contributed by atoms with Crippen LogP contribution < -0.4 is 0 Å². The van der Waals surface area contributed by atoms with Gasteiger partial charge in [0, 0.05) is 23.1 Å². The van der Waals surface area contributed by atoms with Gasteiger partial charge in [0.25, 0.3) is 0 Å². The molecule has 0 saturated carbocycles. The van der Waals surface area contributed by atoms with E-state index in [4.69, 9.17) is 11.6 Å². The Kier molecular flexibility index (Phi) is 6.67. The lowest BCUT2D eigenvalue weighted by atomic mass is 10.1. The van der Waals surface area contributed by atoms with Crippen molar-refractivity contribution in [2.45, 2.75) is 19.3 Å². The minimum absolute atomic E-state index is 0.224. The van der Waals surface area contributed by atoms with Gasteiger partial charge in [-0.05, 0) is 12.8 Å². The van der Waals surface area contributed by atoms with Crippen LogP contribution in [-0.4, -0.2) is 24.6 Å². The summed E-state index contributed by atoms with van der Waals surface area (Å²) in [7, 11) is 1.31. The molecule has 0 unspecified atom stereocenters. The van der Waals surface area contributed by atoms with Crippen molar-refractivity contribution in [1.82, 2.24) is 0 Å². The maximum absolute atomic E-state index is 11.8. The van der Waals surface area contributed by atoms with E-state index in [1.165, 1.54) is 7.11 Å². The highest BCUT2D eigenvalue weighted by Gasteiger charge is 2.14. The third-order valence-corrected chi connectivity index (χ3v) is 2.87. The third kappa shape index (κ3) is 5.36. The molecule has 0 aliphatic carbocycles. The molecule has 4 nitrogen and oxygen atoms in total. The number of hydrogen-bond donors (Lipinski definition) is 0. The zero-order valence-electron chi connectivity index (χ0n) is 11.1. The van der Waals surface area contributed by atoms with Gasteiger partial charge in [-0.3, -0.25) is 14.4 Å². The Balaban J connectivity index is 2.53. The van der Waals surface area contributed by atoms with E-state index >= 15 is 0 Å². The first-order chi connectivity index (χ1) is 9.54. The molecule has 1 aromatic rings. The summed E-state index contributed by atoms with van der Waals surface area (Å²) in [5, 5.41) is 0.253. The molecule has 0 radical (unpaired) electrons. The average molecular weight is 295 g/mol. The van der Waals surface area contributed by atoms with E-state index in [0.29, 0.717) is 18.4 Å². The van der Waals surface area contributed by atoms with Crippen molar-refractivity contribution in [2.24, 2.45) is 0 Å². The molecule has 1 rings (SSSR count). The highest BCUT2D eigenvalue weighted by Crippen LogP contribution is 2.13. The van der Waals surface area contributed by atoms with Crippen LogP contribution in [0.3, 0.4) is 0 Å². The lowest BCUT2D eigenvalue weighted by molar-refractivity contribution is -0.140. The van der Waals surface area contributed by atoms with Gasteiger partial charge in [0.2, 0.25) is 11.6 Å². The van der Waals surface area contributed by atoms with Crippen molar-refractivity contribution in [3.63, 3.8) is 0 Å². The van der Waals surface area contributed by atoms with Gasteiger partial charge in [-0.15, -0.1) is 0 Å². The summed E-state index contributed by atoms with van der Waals surface area (Å²) in [4.78, 5) is 34.4. The van der Waals surface area contributed by atoms with Crippen molar-refractivity contribution in [2.75, 3.05) is 7.11 Å². The van der Waals surface area contributed by atoms with Crippen LogP contribution in [0.15, 0.2) is 41.4 Å². The summed E-state index contributed by atoms with van der Waals surface area (Å²) >= 11 is 5.87. The number of benzene rings is 1. The standard InChI is InChI=1S/C15H15ClO4/c1-20-14(18)9-5-8-12(16)10-13(17)15(19)11-6-3-2-4-7-11/h2-4,6-7,10H,5,8-9H2,1H3/b12-10-. The second kappa shape index (κ2) is 8.27. The molecule has 0 N–H and O–H groups in total. The number of halogens is 1. The molecule has 0 aliphatic rings. The minimum atomic E-state index is -0.667. The van der Waals surface area contributed by atoms with Crippen molar-refractivity contribution in [1.29, 1.82) is 0 Å². The molecule has 106 valence electrons. The van der Waals surface area contributed by atoms with E-state index in [-0.39, 0.29) is 17.4 Å². The highest BCUT2D eigenvalue weighted by molar-refractivity contribution is 6.49. The topological polar surface area (TPSA) is 60.4 Å². The van der Waals surface area contributed by atoms with E-state index in [1.54, 1.807) is 30.3 Å². The second-order valence-electron chi connectivity index (χ2n) is 4.08. The molecule has 0 aliphatic heterocycles. The quantitative estimate of drug-likeness (QED) is 0.336. The molecular formula is C15H15ClO4. The largest absolute Gasteiger partial charge is 0.469 e. The number of hydrogen-bond acceptors (Lipinski definition) is 4. The van der Waals surface area contributed by atoms with Gasteiger partial charge in [-0.1, -0.05) is 41.9 Å². The Morgan fingerprint density at radius 2 is 1.80 bits per heavy atom. The number of ketones is 2. The van der Waals surface area contributed by atoms with Crippen LogP contribution in [-0.2, 0) is 14.3 Å². The Labute approximate surface area is 122 Å². The molecule has 0 amide bonds. The fourth-order valence-electron chi connectivity index (χ4n) is 1.52. The maximum atomic E-state index is 11.8. The van der Waals surface area contributed by atoms with E-state index in [9.17, 15) is 14.4 Å². The van der Waals surface area contributed by atoms with Crippen molar-refractivity contribution in [3.05, 3.63) is 47.0 Å². The number of rotatable bonds is 7. The first kappa shape index (κ1) is 16.1. The van der Waals surface area contributed by atoms with Crippen LogP contribution in [0.2, 0.25) is 0 Å². The number of ether oxygens (including phenoxy) is 1. The van der Waals surface area contributed by atoms with Crippen molar-refractivity contribution >= 4 is 29.1 Å². The van der Waals surface area contributed by atoms with Gasteiger partial charge in [0.05, 0.1) is 7.11 Å². The summed E-state index contributed by atoms with van der Waals surface area (Å²) in [6.07, 6.45) is 2.15. The van der Waals surface area contributed by atoms with Gasteiger partial charge in [0.1, 0.15) is 0 Å². The predicted molar refractivity (Wildman–Crippen MR) is 75.6 cm³/mol. The Hall–Kier alpha value is -1.94.